The Labute approximate surface area is 143 Å². The van der Waals surface area contributed by atoms with Gasteiger partial charge in [0.1, 0.15) is 0 Å². The van der Waals surface area contributed by atoms with Crippen LogP contribution in [0.3, 0.4) is 0 Å². The smallest absolute Gasteiger partial charge is 0.257 e. The third-order valence-electron chi connectivity index (χ3n) is 3.49. The van der Waals surface area contributed by atoms with Gasteiger partial charge in [-0.1, -0.05) is 32.4 Å². The summed E-state index contributed by atoms with van der Waals surface area (Å²) in [5, 5.41) is 11.9. The van der Waals surface area contributed by atoms with Crippen LogP contribution in [-0.2, 0) is 4.79 Å². The number of imide groups is 1. The molecule has 0 saturated carbocycles. The summed E-state index contributed by atoms with van der Waals surface area (Å²) in [6.45, 7) is 4.28. The number of benzene rings is 1. The van der Waals surface area contributed by atoms with E-state index in [9.17, 15) is 14.7 Å². The molecular formula is C19H27NO4. The second-order valence-electron chi connectivity index (χ2n) is 6.04. The maximum Gasteiger partial charge on any atom is 0.257 e. The Balaban J connectivity index is 2.31. The number of rotatable bonds is 9. The van der Waals surface area contributed by atoms with Gasteiger partial charge in [-0.2, -0.15) is 0 Å². The molecule has 2 N–H and O–H groups in total. The number of aromatic hydroxyl groups is 1. The minimum atomic E-state index is -0.488. The third kappa shape index (κ3) is 7.31. The molecule has 0 bridgehead atoms. The van der Waals surface area contributed by atoms with E-state index >= 15 is 0 Å². The van der Waals surface area contributed by atoms with Crippen molar-refractivity contribution in [1.29, 1.82) is 0 Å². The van der Waals surface area contributed by atoms with Crippen molar-refractivity contribution in [2.45, 2.75) is 46.0 Å². The van der Waals surface area contributed by atoms with E-state index in [0.717, 1.165) is 25.7 Å². The van der Waals surface area contributed by atoms with Gasteiger partial charge >= 0.3 is 0 Å². The Bertz CT molecular complexity index is 579. The van der Waals surface area contributed by atoms with Gasteiger partial charge in [-0.15, -0.1) is 0 Å². The van der Waals surface area contributed by atoms with Crippen molar-refractivity contribution >= 4 is 11.8 Å². The Morgan fingerprint density at radius 2 is 2.00 bits per heavy atom. The average molecular weight is 333 g/mol. The summed E-state index contributed by atoms with van der Waals surface area (Å²) in [6, 6.07) is 4.21. The van der Waals surface area contributed by atoms with E-state index in [1.807, 2.05) is 0 Å². The van der Waals surface area contributed by atoms with Gasteiger partial charge in [0, 0.05) is 12.0 Å². The molecule has 1 aromatic carbocycles. The van der Waals surface area contributed by atoms with Crippen LogP contribution in [0.1, 0.15) is 56.3 Å². The number of hydrogen-bond donors (Lipinski definition) is 2. The summed E-state index contributed by atoms with van der Waals surface area (Å²) in [5.41, 5.74) is 0.275. The van der Waals surface area contributed by atoms with Gasteiger partial charge in [-0.25, -0.2) is 0 Å². The van der Waals surface area contributed by atoms with E-state index in [4.69, 9.17) is 4.74 Å². The van der Waals surface area contributed by atoms with Crippen LogP contribution in [0.4, 0.5) is 0 Å². The normalized spacial score (nSPS) is 11.0. The zero-order valence-electron chi connectivity index (χ0n) is 14.7. The van der Waals surface area contributed by atoms with E-state index < -0.39 is 5.91 Å². The van der Waals surface area contributed by atoms with E-state index in [1.165, 1.54) is 25.3 Å². The third-order valence-corrected chi connectivity index (χ3v) is 3.49. The molecule has 0 aliphatic heterocycles. The van der Waals surface area contributed by atoms with Crippen molar-refractivity contribution in [1.82, 2.24) is 5.32 Å². The molecule has 0 fully saturated rings. The van der Waals surface area contributed by atoms with Crippen molar-refractivity contribution in [3.05, 3.63) is 35.9 Å². The molecule has 5 heteroatoms. The largest absolute Gasteiger partial charge is 0.504 e. The molecule has 2 amide bonds. The molecule has 0 aliphatic rings. The highest BCUT2D eigenvalue weighted by Crippen LogP contribution is 2.26. The molecule has 0 aromatic heterocycles. The summed E-state index contributed by atoms with van der Waals surface area (Å²) >= 11 is 0. The van der Waals surface area contributed by atoms with Crippen LogP contribution in [0.5, 0.6) is 11.5 Å². The highest BCUT2D eigenvalue weighted by atomic mass is 16.5. The lowest BCUT2D eigenvalue weighted by molar-refractivity contribution is -0.120. The molecule has 5 nitrogen and oxygen atoms in total. The first-order valence-corrected chi connectivity index (χ1v) is 8.32. The van der Waals surface area contributed by atoms with Crippen molar-refractivity contribution in [2.24, 2.45) is 5.92 Å². The Hall–Kier alpha value is -2.30. The summed E-state index contributed by atoms with van der Waals surface area (Å²) in [7, 11) is 1.40. The number of unbranched alkanes of at least 4 members (excludes halogenated alkanes) is 3. The Morgan fingerprint density at radius 1 is 1.25 bits per heavy atom. The number of allylic oxidation sites excluding steroid dienone is 2. The summed E-state index contributed by atoms with van der Waals surface area (Å²) < 4.78 is 4.95. The fourth-order valence-corrected chi connectivity index (χ4v) is 2.17. The van der Waals surface area contributed by atoms with Crippen molar-refractivity contribution in [3.63, 3.8) is 0 Å². The van der Waals surface area contributed by atoms with Crippen LogP contribution in [0.15, 0.2) is 30.4 Å². The molecular weight excluding hydrogens is 306 g/mol. The van der Waals surface area contributed by atoms with Gasteiger partial charge in [0.2, 0.25) is 5.91 Å². The van der Waals surface area contributed by atoms with Crippen molar-refractivity contribution in [2.75, 3.05) is 7.11 Å². The first kappa shape index (κ1) is 19.7. The molecule has 0 heterocycles. The zero-order valence-corrected chi connectivity index (χ0v) is 14.7. The van der Waals surface area contributed by atoms with Crippen molar-refractivity contribution < 1.29 is 19.4 Å². The molecule has 0 spiro atoms. The minimum absolute atomic E-state index is 0.0492. The first-order valence-electron chi connectivity index (χ1n) is 8.32. The maximum absolute atomic E-state index is 12.0. The van der Waals surface area contributed by atoms with Crippen molar-refractivity contribution in [3.8, 4) is 11.5 Å². The number of nitrogens with one attached hydrogen (secondary N) is 1. The SMILES string of the molecule is COc1cc(C(=O)NC(=O)CCCCC/C=C/C(C)C)ccc1O. The molecule has 0 saturated heterocycles. The van der Waals surface area contributed by atoms with E-state index in [2.05, 4.69) is 31.3 Å². The standard InChI is InChI=1S/C19H27NO4/c1-14(2)9-7-5-4-6-8-10-18(22)20-19(23)15-11-12-16(21)17(13-15)24-3/h7,9,11-14,21H,4-6,8,10H2,1-3H3,(H,20,22,23)/b9-7+. The van der Waals surface area contributed by atoms with E-state index in [-0.39, 0.29) is 23.0 Å². The van der Waals surface area contributed by atoms with Gasteiger partial charge in [-0.05, 0) is 43.4 Å². The lowest BCUT2D eigenvalue weighted by atomic mass is 10.1. The van der Waals surface area contributed by atoms with Gasteiger partial charge in [-0.3, -0.25) is 14.9 Å². The summed E-state index contributed by atoms with van der Waals surface area (Å²) in [5.74, 6) is -0.0558. The highest BCUT2D eigenvalue weighted by Gasteiger charge is 2.12. The van der Waals surface area contributed by atoms with Crippen LogP contribution in [0, 0.1) is 5.92 Å². The van der Waals surface area contributed by atoms with E-state index in [1.54, 1.807) is 0 Å². The Kier molecular flexibility index (Phi) is 8.61. The molecule has 24 heavy (non-hydrogen) atoms. The number of amides is 2. The van der Waals surface area contributed by atoms with Crippen LogP contribution in [0.25, 0.3) is 0 Å². The molecule has 0 atom stereocenters. The van der Waals surface area contributed by atoms with Crippen LogP contribution >= 0.6 is 0 Å². The van der Waals surface area contributed by atoms with Crippen LogP contribution in [0.2, 0.25) is 0 Å². The topological polar surface area (TPSA) is 75.6 Å². The van der Waals surface area contributed by atoms with Gasteiger partial charge in [0.15, 0.2) is 11.5 Å². The second kappa shape index (κ2) is 10.5. The van der Waals surface area contributed by atoms with Gasteiger partial charge in [0.25, 0.3) is 5.91 Å². The predicted octanol–water partition coefficient (Wildman–Crippen LogP) is 3.82. The lowest BCUT2D eigenvalue weighted by Gasteiger charge is -2.07. The molecule has 1 aromatic rings. The second-order valence-corrected chi connectivity index (χ2v) is 6.04. The fourth-order valence-electron chi connectivity index (χ4n) is 2.17. The number of carbonyl (C=O) groups excluding carboxylic acids is 2. The number of phenols is 1. The number of methoxy groups -OCH3 is 1. The molecule has 0 radical (unpaired) electrons. The molecule has 0 unspecified atom stereocenters. The highest BCUT2D eigenvalue weighted by molar-refractivity contribution is 6.04. The number of carbonyl (C=O) groups is 2. The number of hydrogen-bond acceptors (Lipinski definition) is 4. The fraction of sp³-hybridized carbons (Fsp3) is 0.474. The predicted molar refractivity (Wildman–Crippen MR) is 94.2 cm³/mol. The average Bonchev–Trinajstić information content (AvgIpc) is 2.54. The van der Waals surface area contributed by atoms with Crippen LogP contribution < -0.4 is 10.1 Å². The minimum Gasteiger partial charge on any atom is -0.504 e. The van der Waals surface area contributed by atoms with Gasteiger partial charge < -0.3 is 9.84 Å². The first-order chi connectivity index (χ1) is 11.4. The quantitative estimate of drug-likeness (QED) is 0.532. The molecule has 1 rings (SSSR count). The monoisotopic (exact) mass is 333 g/mol. The van der Waals surface area contributed by atoms with Crippen LogP contribution in [-0.4, -0.2) is 24.0 Å². The van der Waals surface area contributed by atoms with E-state index in [0.29, 0.717) is 12.3 Å². The molecule has 0 aliphatic carbocycles. The zero-order chi connectivity index (χ0) is 17.9. The molecule has 132 valence electrons. The Morgan fingerprint density at radius 3 is 2.67 bits per heavy atom. The maximum atomic E-state index is 12.0. The number of phenolic OH excluding ortho intramolecular Hbond substituents is 1. The summed E-state index contributed by atoms with van der Waals surface area (Å²) in [4.78, 5) is 23.8. The number of ether oxygens (including phenoxy) is 1. The summed E-state index contributed by atoms with van der Waals surface area (Å²) in [6.07, 6.45) is 8.45. The van der Waals surface area contributed by atoms with Gasteiger partial charge in [0.05, 0.1) is 7.11 Å². The lowest BCUT2D eigenvalue weighted by Crippen LogP contribution is -2.30.